The smallest absolute Gasteiger partial charge is 0.0219 e. The van der Waals surface area contributed by atoms with Crippen LogP contribution in [0.25, 0.3) is 6.08 Å². The second kappa shape index (κ2) is 8.97. The van der Waals surface area contributed by atoms with Gasteiger partial charge in [-0.2, -0.15) is 0 Å². The lowest BCUT2D eigenvalue weighted by molar-refractivity contribution is 0.858. The summed E-state index contributed by atoms with van der Waals surface area (Å²) in [7, 11) is 0. The van der Waals surface area contributed by atoms with E-state index in [0.717, 1.165) is 0 Å². The lowest BCUT2D eigenvalue weighted by Gasteiger charge is -2.16. The topological polar surface area (TPSA) is 0 Å². The average Bonchev–Trinajstić information content (AvgIpc) is 2.42. The first-order valence-electron chi connectivity index (χ1n) is 7.47. The van der Waals surface area contributed by atoms with E-state index in [4.69, 9.17) is 0 Å². The molecule has 0 saturated carbocycles. The Bertz CT molecular complexity index is 370. The summed E-state index contributed by atoms with van der Waals surface area (Å²) in [6.07, 6.45) is 4.79. The van der Waals surface area contributed by atoms with Crippen molar-refractivity contribution in [3.05, 3.63) is 40.5 Å². The maximum absolute atomic E-state index is 2.35. The van der Waals surface area contributed by atoms with Gasteiger partial charge in [0.15, 0.2) is 0 Å². The van der Waals surface area contributed by atoms with Crippen LogP contribution >= 0.6 is 0 Å². The van der Waals surface area contributed by atoms with Crippen LogP contribution in [0.15, 0.2) is 23.8 Å². The zero-order chi connectivity index (χ0) is 14.1. The molecule has 102 valence electrons. The molecule has 0 amide bonds. The molecule has 0 unspecified atom stereocenters. The summed E-state index contributed by atoms with van der Waals surface area (Å²) in [5.74, 6) is 0.635. The van der Waals surface area contributed by atoms with Crippen molar-refractivity contribution in [3.63, 3.8) is 0 Å². The van der Waals surface area contributed by atoms with Gasteiger partial charge in [0.2, 0.25) is 0 Å². The molecule has 1 aliphatic rings. The van der Waals surface area contributed by atoms with E-state index in [1.165, 1.54) is 35.1 Å². The Kier molecular flexibility index (Phi) is 8.45. The molecular formula is C18H30. The lowest BCUT2D eigenvalue weighted by atomic mass is 9.89. The van der Waals surface area contributed by atoms with Crippen LogP contribution < -0.4 is 0 Å². The van der Waals surface area contributed by atoms with E-state index in [1.54, 1.807) is 0 Å². The Balaban J connectivity index is 0.000000659. The normalized spacial score (nSPS) is 12.6. The minimum Gasteiger partial charge on any atom is -0.0724 e. The fourth-order valence-electron chi connectivity index (χ4n) is 2.00. The first-order chi connectivity index (χ1) is 8.66. The monoisotopic (exact) mass is 246 g/mol. The molecule has 2 rings (SSSR count). The van der Waals surface area contributed by atoms with E-state index >= 15 is 0 Å². The van der Waals surface area contributed by atoms with E-state index in [-0.39, 0.29) is 0 Å². The molecule has 0 spiro atoms. The van der Waals surface area contributed by atoms with Gasteiger partial charge in [0.25, 0.3) is 0 Å². The number of hydrogen-bond donors (Lipinski definition) is 0. The van der Waals surface area contributed by atoms with Gasteiger partial charge in [0.05, 0.1) is 0 Å². The Hall–Kier alpha value is -1.04. The standard InChI is InChI=1S/C14H18.2C2H6/c1-10(2)13-7-6-12-5-4-11(3)8-14(12)9-13;2*1-2/h6-10H,4-5H2,1-3H3;2*1-2H3. The van der Waals surface area contributed by atoms with Crippen LogP contribution in [0, 0.1) is 0 Å². The molecule has 0 atom stereocenters. The largest absolute Gasteiger partial charge is 0.0724 e. The van der Waals surface area contributed by atoms with Crippen molar-refractivity contribution in [3.8, 4) is 0 Å². The van der Waals surface area contributed by atoms with Gasteiger partial charge < -0.3 is 0 Å². The van der Waals surface area contributed by atoms with Gasteiger partial charge in [0, 0.05) is 0 Å². The quantitative estimate of drug-likeness (QED) is 0.552. The van der Waals surface area contributed by atoms with Crippen molar-refractivity contribution in [1.29, 1.82) is 0 Å². The van der Waals surface area contributed by atoms with Crippen LogP contribution in [-0.4, -0.2) is 0 Å². The van der Waals surface area contributed by atoms with Gasteiger partial charge in [-0.3, -0.25) is 0 Å². The van der Waals surface area contributed by atoms with Crippen molar-refractivity contribution < 1.29 is 0 Å². The summed E-state index contributed by atoms with van der Waals surface area (Å²) in [6, 6.07) is 6.92. The van der Waals surface area contributed by atoms with Gasteiger partial charge in [-0.05, 0) is 42.4 Å². The second-order valence-corrected chi connectivity index (χ2v) is 4.60. The molecule has 0 aromatic heterocycles. The molecule has 0 heteroatoms. The molecule has 1 aromatic carbocycles. The summed E-state index contributed by atoms with van der Waals surface area (Å²) >= 11 is 0. The van der Waals surface area contributed by atoms with Gasteiger partial charge >= 0.3 is 0 Å². The summed E-state index contributed by atoms with van der Waals surface area (Å²) in [5.41, 5.74) is 5.92. The molecule has 18 heavy (non-hydrogen) atoms. The minimum absolute atomic E-state index is 0.635. The van der Waals surface area contributed by atoms with Crippen LogP contribution in [0.1, 0.15) is 77.5 Å². The fourth-order valence-corrected chi connectivity index (χ4v) is 2.00. The summed E-state index contributed by atoms with van der Waals surface area (Å²) in [6.45, 7) is 14.7. The molecule has 0 nitrogen and oxygen atoms in total. The van der Waals surface area contributed by atoms with E-state index in [9.17, 15) is 0 Å². The molecule has 0 saturated heterocycles. The van der Waals surface area contributed by atoms with Crippen molar-refractivity contribution >= 4 is 6.08 Å². The lowest BCUT2D eigenvalue weighted by Crippen LogP contribution is -1.99. The number of hydrogen-bond acceptors (Lipinski definition) is 0. The SMILES string of the molecule is CC.CC.CC1=Cc2cc(C(C)C)ccc2CC1. The summed E-state index contributed by atoms with van der Waals surface area (Å²) in [4.78, 5) is 0. The van der Waals surface area contributed by atoms with Crippen molar-refractivity contribution in [2.75, 3.05) is 0 Å². The highest BCUT2D eigenvalue weighted by atomic mass is 14.1. The zero-order valence-electron chi connectivity index (χ0n) is 13.3. The summed E-state index contributed by atoms with van der Waals surface area (Å²) < 4.78 is 0. The van der Waals surface area contributed by atoms with E-state index in [2.05, 4.69) is 45.0 Å². The van der Waals surface area contributed by atoms with Crippen LogP contribution in [-0.2, 0) is 6.42 Å². The average molecular weight is 246 g/mol. The second-order valence-electron chi connectivity index (χ2n) is 4.60. The third-order valence-electron chi connectivity index (χ3n) is 3.03. The predicted molar refractivity (Wildman–Crippen MR) is 85.2 cm³/mol. The molecule has 1 aromatic rings. The molecule has 0 fully saturated rings. The molecule has 0 N–H and O–H groups in total. The van der Waals surface area contributed by atoms with Crippen LogP contribution in [0.4, 0.5) is 0 Å². The highest BCUT2D eigenvalue weighted by Crippen LogP contribution is 2.26. The molecule has 0 bridgehead atoms. The van der Waals surface area contributed by atoms with Crippen molar-refractivity contribution in [1.82, 2.24) is 0 Å². The third kappa shape index (κ3) is 4.68. The Labute approximate surface area is 114 Å². The van der Waals surface area contributed by atoms with Gasteiger partial charge in [0.1, 0.15) is 0 Å². The van der Waals surface area contributed by atoms with Crippen LogP contribution in [0.5, 0.6) is 0 Å². The fraction of sp³-hybridized carbons (Fsp3) is 0.556. The molecular weight excluding hydrogens is 216 g/mol. The Morgan fingerprint density at radius 3 is 2.11 bits per heavy atom. The van der Waals surface area contributed by atoms with Gasteiger partial charge in [-0.1, -0.05) is 71.4 Å². The first-order valence-corrected chi connectivity index (χ1v) is 7.47. The number of benzene rings is 1. The first kappa shape index (κ1) is 17.0. The Morgan fingerprint density at radius 2 is 1.56 bits per heavy atom. The molecule has 1 aliphatic carbocycles. The van der Waals surface area contributed by atoms with Gasteiger partial charge in [-0.25, -0.2) is 0 Å². The van der Waals surface area contributed by atoms with Crippen LogP contribution in [0.3, 0.4) is 0 Å². The summed E-state index contributed by atoms with van der Waals surface area (Å²) in [5, 5.41) is 0. The van der Waals surface area contributed by atoms with Crippen LogP contribution in [0.2, 0.25) is 0 Å². The third-order valence-corrected chi connectivity index (χ3v) is 3.03. The van der Waals surface area contributed by atoms with E-state index < -0.39 is 0 Å². The molecule has 0 aliphatic heterocycles. The van der Waals surface area contributed by atoms with Gasteiger partial charge in [-0.15, -0.1) is 0 Å². The number of allylic oxidation sites excluding steroid dienone is 1. The van der Waals surface area contributed by atoms with E-state index in [1.807, 2.05) is 27.7 Å². The molecule has 0 heterocycles. The highest BCUT2D eigenvalue weighted by Gasteiger charge is 2.09. The van der Waals surface area contributed by atoms with Crippen molar-refractivity contribution in [2.24, 2.45) is 0 Å². The highest BCUT2D eigenvalue weighted by molar-refractivity contribution is 5.60. The Morgan fingerprint density at radius 1 is 0.944 bits per heavy atom. The minimum atomic E-state index is 0.635. The predicted octanol–water partition coefficient (Wildman–Crippen LogP) is 6.21. The zero-order valence-corrected chi connectivity index (χ0v) is 13.3. The van der Waals surface area contributed by atoms with E-state index in [0.29, 0.717) is 5.92 Å². The molecule has 0 radical (unpaired) electrons. The maximum atomic E-state index is 2.35. The maximum Gasteiger partial charge on any atom is -0.0219 e. The number of rotatable bonds is 1. The van der Waals surface area contributed by atoms with Crippen molar-refractivity contribution in [2.45, 2.75) is 67.2 Å². The number of aryl methyl sites for hydroxylation is 1. The number of fused-ring (bicyclic) bond motifs is 1.